The van der Waals surface area contributed by atoms with Crippen LogP contribution < -0.4 is 20.7 Å². The predicted molar refractivity (Wildman–Crippen MR) is 113 cm³/mol. The molecular weight excluding hydrogens is 447 g/mol. The number of alkyl carbamates (subject to hydrolysis) is 1. The van der Waals surface area contributed by atoms with E-state index >= 15 is 0 Å². The molecule has 1 saturated carbocycles. The molecule has 26 heavy (non-hydrogen) atoms. The molecule has 1 amide bonds. The van der Waals surface area contributed by atoms with Gasteiger partial charge in [0.25, 0.3) is 0 Å². The maximum atomic E-state index is 11.6. The van der Waals surface area contributed by atoms with Crippen molar-refractivity contribution in [3.8, 4) is 5.75 Å². The van der Waals surface area contributed by atoms with E-state index in [-0.39, 0.29) is 36.1 Å². The molecule has 1 aliphatic carbocycles. The van der Waals surface area contributed by atoms with E-state index in [0.717, 1.165) is 24.2 Å². The van der Waals surface area contributed by atoms with Crippen molar-refractivity contribution >= 4 is 36.0 Å². The molecule has 1 fully saturated rings. The van der Waals surface area contributed by atoms with Gasteiger partial charge in [-0.05, 0) is 43.4 Å². The zero-order valence-electron chi connectivity index (χ0n) is 15.6. The lowest BCUT2D eigenvalue weighted by molar-refractivity contribution is 0.146. The van der Waals surface area contributed by atoms with Crippen LogP contribution in [0.4, 0.5) is 4.79 Å². The van der Waals surface area contributed by atoms with Crippen molar-refractivity contribution in [1.82, 2.24) is 16.0 Å². The number of nitrogens with zero attached hydrogens (tertiary/aromatic N) is 1. The van der Waals surface area contributed by atoms with Crippen molar-refractivity contribution in [2.45, 2.75) is 32.4 Å². The smallest absolute Gasteiger partial charge is 0.407 e. The van der Waals surface area contributed by atoms with Gasteiger partial charge < -0.3 is 25.4 Å². The third-order valence-corrected chi connectivity index (χ3v) is 4.10. The molecule has 1 unspecified atom stereocenters. The first kappa shape index (κ1) is 22.3. The topological polar surface area (TPSA) is 84.0 Å². The summed E-state index contributed by atoms with van der Waals surface area (Å²) in [4.78, 5) is 15.9. The third kappa shape index (κ3) is 7.67. The van der Waals surface area contributed by atoms with E-state index in [2.05, 4.69) is 20.9 Å². The van der Waals surface area contributed by atoms with Gasteiger partial charge in [-0.2, -0.15) is 0 Å². The number of amides is 1. The molecule has 0 spiro atoms. The molecule has 1 atom stereocenters. The maximum absolute atomic E-state index is 11.6. The van der Waals surface area contributed by atoms with Gasteiger partial charge in [-0.15, -0.1) is 24.0 Å². The van der Waals surface area contributed by atoms with Crippen molar-refractivity contribution in [3.05, 3.63) is 29.8 Å². The zero-order valence-corrected chi connectivity index (χ0v) is 17.9. The molecule has 0 radical (unpaired) electrons. The molecule has 0 aromatic heterocycles. The van der Waals surface area contributed by atoms with Gasteiger partial charge in [0.15, 0.2) is 5.96 Å². The minimum absolute atomic E-state index is 0. The molecule has 2 rings (SSSR count). The van der Waals surface area contributed by atoms with Gasteiger partial charge in [0.05, 0.1) is 19.8 Å². The van der Waals surface area contributed by atoms with Crippen molar-refractivity contribution in [1.29, 1.82) is 0 Å². The van der Waals surface area contributed by atoms with Crippen LogP contribution in [0.2, 0.25) is 0 Å². The first-order valence-corrected chi connectivity index (χ1v) is 8.67. The van der Waals surface area contributed by atoms with E-state index in [1.165, 1.54) is 0 Å². The highest BCUT2D eigenvalue weighted by Gasteiger charge is 2.32. The van der Waals surface area contributed by atoms with Gasteiger partial charge in [0, 0.05) is 20.1 Å². The first-order chi connectivity index (χ1) is 12.2. The number of hydrogen-bond acceptors (Lipinski definition) is 4. The van der Waals surface area contributed by atoms with Crippen LogP contribution in [0.15, 0.2) is 29.3 Å². The second-order valence-electron chi connectivity index (χ2n) is 5.96. The van der Waals surface area contributed by atoms with Gasteiger partial charge >= 0.3 is 6.09 Å². The molecule has 1 aromatic rings. The Morgan fingerprint density at radius 1 is 1.27 bits per heavy atom. The number of guanidine groups is 1. The van der Waals surface area contributed by atoms with Gasteiger partial charge in [0.2, 0.25) is 0 Å². The monoisotopic (exact) mass is 476 g/mol. The van der Waals surface area contributed by atoms with Crippen LogP contribution in [0.1, 0.15) is 25.3 Å². The number of hydrogen-bond donors (Lipinski definition) is 3. The molecule has 0 aliphatic heterocycles. The Morgan fingerprint density at radius 2 is 1.96 bits per heavy atom. The molecule has 146 valence electrons. The number of halogens is 1. The fourth-order valence-corrected chi connectivity index (χ4v) is 2.51. The number of carbonyl (C=O) groups excluding carboxylic acids is 1. The third-order valence-electron chi connectivity index (χ3n) is 4.10. The number of carbonyl (C=O) groups is 1. The highest BCUT2D eigenvalue weighted by molar-refractivity contribution is 14.0. The Kier molecular flexibility index (Phi) is 10.2. The van der Waals surface area contributed by atoms with Gasteiger partial charge in [0.1, 0.15) is 5.75 Å². The standard InChI is InChI=1S/C18H28N4O3.HI/c1-4-25-18(23)22-16(14-7-8-14)12-21-17(19-2)20-11-13-5-9-15(24-3)10-6-13;/h5-6,9-10,14,16H,4,7-8,11-12H2,1-3H3,(H,22,23)(H2,19,20,21);1H. The Balaban J connectivity index is 0.00000338. The highest BCUT2D eigenvalue weighted by Crippen LogP contribution is 2.32. The number of benzene rings is 1. The molecule has 0 heterocycles. The number of methoxy groups -OCH3 is 1. The summed E-state index contributed by atoms with van der Waals surface area (Å²) in [5.74, 6) is 2.05. The van der Waals surface area contributed by atoms with Crippen LogP contribution in [-0.4, -0.2) is 45.4 Å². The van der Waals surface area contributed by atoms with E-state index in [4.69, 9.17) is 9.47 Å². The van der Waals surface area contributed by atoms with Gasteiger partial charge in [-0.3, -0.25) is 4.99 Å². The molecule has 1 aliphatic rings. The highest BCUT2D eigenvalue weighted by atomic mass is 127. The van der Waals surface area contributed by atoms with Crippen LogP contribution in [0.25, 0.3) is 0 Å². The van der Waals surface area contributed by atoms with E-state index in [9.17, 15) is 4.79 Å². The summed E-state index contributed by atoms with van der Waals surface area (Å²) < 4.78 is 10.1. The van der Waals surface area contributed by atoms with Crippen molar-refractivity contribution in [3.63, 3.8) is 0 Å². The number of rotatable bonds is 8. The molecule has 7 nitrogen and oxygen atoms in total. The second-order valence-corrected chi connectivity index (χ2v) is 5.96. The first-order valence-electron chi connectivity index (χ1n) is 8.67. The molecule has 3 N–H and O–H groups in total. The van der Waals surface area contributed by atoms with Crippen LogP contribution in [0.3, 0.4) is 0 Å². The summed E-state index contributed by atoms with van der Waals surface area (Å²) in [6, 6.07) is 7.93. The number of aliphatic imine (C=N–C) groups is 1. The van der Waals surface area contributed by atoms with E-state index in [1.807, 2.05) is 24.3 Å². The minimum atomic E-state index is -0.359. The lowest BCUT2D eigenvalue weighted by atomic mass is 10.2. The van der Waals surface area contributed by atoms with E-state index in [0.29, 0.717) is 31.6 Å². The summed E-state index contributed by atoms with van der Waals surface area (Å²) in [6.45, 7) is 3.45. The van der Waals surface area contributed by atoms with Crippen LogP contribution in [0, 0.1) is 5.92 Å². The maximum Gasteiger partial charge on any atom is 0.407 e. The van der Waals surface area contributed by atoms with Gasteiger partial charge in [-0.1, -0.05) is 12.1 Å². The van der Waals surface area contributed by atoms with Crippen molar-refractivity contribution < 1.29 is 14.3 Å². The summed E-state index contributed by atoms with van der Waals surface area (Å²) >= 11 is 0. The fourth-order valence-electron chi connectivity index (χ4n) is 2.51. The largest absolute Gasteiger partial charge is 0.497 e. The van der Waals surface area contributed by atoms with Crippen LogP contribution >= 0.6 is 24.0 Å². The van der Waals surface area contributed by atoms with Crippen LogP contribution in [-0.2, 0) is 11.3 Å². The SMILES string of the molecule is CCOC(=O)NC(CNC(=NC)NCc1ccc(OC)cc1)C1CC1.I. The quantitative estimate of drug-likeness (QED) is 0.305. The Morgan fingerprint density at radius 3 is 2.50 bits per heavy atom. The summed E-state index contributed by atoms with van der Waals surface area (Å²) in [5, 5.41) is 9.47. The van der Waals surface area contributed by atoms with E-state index in [1.54, 1.807) is 21.1 Å². The fraction of sp³-hybridized carbons (Fsp3) is 0.556. The Labute approximate surface area is 172 Å². The van der Waals surface area contributed by atoms with Crippen LogP contribution in [0.5, 0.6) is 5.75 Å². The molecule has 8 heteroatoms. The summed E-state index contributed by atoms with van der Waals surface area (Å²) in [7, 11) is 3.38. The van der Waals surface area contributed by atoms with Crippen molar-refractivity contribution in [2.75, 3.05) is 27.3 Å². The molecule has 1 aromatic carbocycles. The van der Waals surface area contributed by atoms with Gasteiger partial charge in [-0.25, -0.2) is 4.79 Å². The van der Waals surface area contributed by atoms with Crippen molar-refractivity contribution in [2.24, 2.45) is 10.9 Å². The normalized spacial score (nSPS) is 14.7. The molecule has 0 saturated heterocycles. The average Bonchev–Trinajstić information content (AvgIpc) is 3.46. The lowest BCUT2D eigenvalue weighted by Crippen LogP contribution is -2.48. The lowest BCUT2D eigenvalue weighted by Gasteiger charge is -2.20. The molecule has 0 bridgehead atoms. The Bertz CT molecular complexity index is 576. The summed E-state index contributed by atoms with van der Waals surface area (Å²) in [6.07, 6.45) is 1.91. The summed E-state index contributed by atoms with van der Waals surface area (Å²) in [5.41, 5.74) is 1.13. The number of nitrogens with one attached hydrogen (secondary N) is 3. The van der Waals surface area contributed by atoms with E-state index < -0.39 is 0 Å². The molecular formula is C18H29IN4O3. The zero-order chi connectivity index (χ0) is 18.1. The Hall–Kier alpha value is -1.71. The number of ether oxygens (including phenoxy) is 2. The average molecular weight is 476 g/mol. The second kappa shape index (κ2) is 11.8. The predicted octanol–water partition coefficient (Wildman–Crippen LogP) is 2.50. The minimum Gasteiger partial charge on any atom is -0.497 e.